The van der Waals surface area contributed by atoms with E-state index in [1.54, 1.807) is 55.6 Å². The minimum atomic E-state index is -1.03. The SMILES string of the molecule is COc1ccc(C(=O)CC(C(=O)O)c2ccc(OC)cc2)cc1. The number of ketones is 1. The third kappa shape index (κ3) is 4.10. The van der Waals surface area contributed by atoms with Gasteiger partial charge in [0.1, 0.15) is 11.5 Å². The zero-order valence-electron chi connectivity index (χ0n) is 13.0. The van der Waals surface area contributed by atoms with E-state index in [0.717, 1.165) is 0 Å². The van der Waals surface area contributed by atoms with E-state index in [9.17, 15) is 14.7 Å². The molecule has 0 aliphatic heterocycles. The molecule has 1 N–H and O–H groups in total. The molecule has 2 rings (SSSR count). The van der Waals surface area contributed by atoms with Crippen molar-refractivity contribution in [3.05, 3.63) is 59.7 Å². The van der Waals surface area contributed by atoms with E-state index in [1.807, 2.05) is 0 Å². The number of hydrogen-bond acceptors (Lipinski definition) is 4. The molecule has 23 heavy (non-hydrogen) atoms. The van der Waals surface area contributed by atoms with Gasteiger partial charge in [0.15, 0.2) is 5.78 Å². The van der Waals surface area contributed by atoms with Gasteiger partial charge in [-0.15, -0.1) is 0 Å². The van der Waals surface area contributed by atoms with Crippen LogP contribution in [-0.2, 0) is 4.79 Å². The molecular formula is C18H18O5. The predicted molar refractivity (Wildman–Crippen MR) is 85.3 cm³/mol. The third-order valence-corrected chi connectivity index (χ3v) is 3.62. The average molecular weight is 314 g/mol. The van der Waals surface area contributed by atoms with Crippen molar-refractivity contribution in [3.63, 3.8) is 0 Å². The number of benzene rings is 2. The second-order valence-electron chi connectivity index (χ2n) is 5.02. The first-order chi connectivity index (χ1) is 11.0. The van der Waals surface area contributed by atoms with E-state index in [-0.39, 0.29) is 12.2 Å². The summed E-state index contributed by atoms with van der Waals surface area (Å²) in [4.78, 5) is 23.8. The number of ether oxygens (including phenoxy) is 2. The van der Waals surface area contributed by atoms with Crippen LogP contribution < -0.4 is 9.47 Å². The molecule has 0 aromatic heterocycles. The Bertz CT molecular complexity index is 674. The summed E-state index contributed by atoms with van der Waals surface area (Å²) >= 11 is 0. The molecule has 1 atom stereocenters. The lowest BCUT2D eigenvalue weighted by molar-refractivity contribution is -0.138. The Morgan fingerprint density at radius 2 is 1.39 bits per heavy atom. The Hall–Kier alpha value is -2.82. The van der Waals surface area contributed by atoms with Gasteiger partial charge in [-0.25, -0.2) is 0 Å². The minimum Gasteiger partial charge on any atom is -0.497 e. The Labute approximate surface area is 134 Å². The van der Waals surface area contributed by atoms with E-state index in [4.69, 9.17) is 9.47 Å². The number of carboxylic acid groups (broad SMARTS) is 1. The van der Waals surface area contributed by atoms with Crippen molar-refractivity contribution in [1.82, 2.24) is 0 Å². The zero-order valence-corrected chi connectivity index (χ0v) is 13.0. The first kappa shape index (κ1) is 16.5. The molecule has 0 radical (unpaired) electrons. The molecule has 0 fully saturated rings. The molecule has 0 aliphatic rings. The fraction of sp³-hybridized carbons (Fsp3) is 0.222. The fourth-order valence-electron chi connectivity index (χ4n) is 2.26. The average Bonchev–Trinajstić information content (AvgIpc) is 2.59. The van der Waals surface area contributed by atoms with Crippen LogP contribution in [0.4, 0.5) is 0 Å². The molecule has 0 heterocycles. The van der Waals surface area contributed by atoms with Gasteiger partial charge in [-0.2, -0.15) is 0 Å². The Morgan fingerprint density at radius 1 is 0.913 bits per heavy atom. The van der Waals surface area contributed by atoms with Crippen molar-refractivity contribution in [2.45, 2.75) is 12.3 Å². The van der Waals surface area contributed by atoms with Gasteiger partial charge in [-0.05, 0) is 42.0 Å². The van der Waals surface area contributed by atoms with E-state index in [1.165, 1.54) is 7.11 Å². The van der Waals surface area contributed by atoms with Gasteiger partial charge in [0.05, 0.1) is 20.1 Å². The largest absolute Gasteiger partial charge is 0.497 e. The lowest BCUT2D eigenvalue weighted by atomic mass is 9.91. The maximum Gasteiger partial charge on any atom is 0.311 e. The maximum absolute atomic E-state index is 12.3. The highest BCUT2D eigenvalue weighted by Gasteiger charge is 2.24. The molecule has 0 aliphatic carbocycles. The van der Waals surface area contributed by atoms with E-state index < -0.39 is 11.9 Å². The molecule has 2 aromatic rings. The predicted octanol–water partition coefficient (Wildman–Crippen LogP) is 3.15. The quantitative estimate of drug-likeness (QED) is 0.795. The van der Waals surface area contributed by atoms with Gasteiger partial charge in [0, 0.05) is 12.0 Å². The molecule has 5 heteroatoms. The first-order valence-electron chi connectivity index (χ1n) is 7.09. The van der Waals surface area contributed by atoms with Crippen LogP contribution in [0, 0.1) is 0 Å². The van der Waals surface area contributed by atoms with Crippen LogP contribution in [0.5, 0.6) is 11.5 Å². The van der Waals surface area contributed by atoms with Crippen LogP contribution in [0.15, 0.2) is 48.5 Å². The lowest BCUT2D eigenvalue weighted by Crippen LogP contribution is -2.16. The van der Waals surface area contributed by atoms with Gasteiger partial charge < -0.3 is 14.6 Å². The number of carboxylic acids is 1. The number of rotatable bonds is 7. The topological polar surface area (TPSA) is 72.8 Å². The van der Waals surface area contributed by atoms with Gasteiger partial charge in [0.25, 0.3) is 0 Å². The number of methoxy groups -OCH3 is 2. The van der Waals surface area contributed by atoms with Gasteiger partial charge >= 0.3 is 5.97 Å². The summed E-state index contributed by atoms with van der Waals surface area (Å²) < 4.78 is 10.1. The molecular weight excluding hydrogens is 296 g/mol. The van der Waals surface area contributed by atoms with Crippen LogP contribution in [0.2, 0.25) is 0 Å². The molecule has 0 saturated carbocycles. The number of Topliss-reactive ketones (excluding diaryl/α,β-unsaturated/α-hetero) is 1. The molecule has 1 unspecified atom stereocenters. The molecule has 0 bridgehead atoms. The van der Waals surface area contributed by atoms with E-state index in [2.05, 4.69) is 0 Å². The number of aliphatic carboxylic acids is 1. The summed E-state index contributed by atoms with van der Waals surface area (Å²) in [7, 11) is 3.08. The highest BCUT2D eigenvalue weighted by Crippen LogP contribution is 2.25. The van der Waals surface area contributed by atoms with Crippen LogP contribution in [0.25, 0.3) is 0 Å². The van der Waals surface area contributed by atoms with Gasteiger partial charge in [-0.3, -0.25) is 9.59 Å². The second kappa shape index (κ2) is 7.45. The zero-order chi connectivity index (χ0) is 16.8. The fourth-order valence-corrected chi connectivity index (χ4v) is 2.26. The van der Waals surface area contributed by atoms with E-state index in [0.29, 0.717) is 22.6 Å². The molecule has 120 valence electrons. The molecule has 2 aromatic carbocycles. The van der Waals surface area contributed by atoms with Crippen molar-refractivity contribution in [3.8, 4) is 11.5 Å². The minimum absolute atomic E-state index is 0.103. The lowest BCUT2D eigenvalue weighted by Gasteiger charge is -2.13. The van der Waals surface area contributed by atoms with Crippen molar-refractivity contribution in [2.24, 2.45) is 0 Å². The smallest absolute Gasteiger partial charge is 0.311 e. The van der Waals surface area contributed by atoms with Gasteiger partial charge in [-0.1, -0.05) is 12.1 Å². The first-order valence-corrected chi connectivity index (χ1v) is 7.09. The molecule has 0 amide bonds. The third-order valence-electron chi connectivity index (χ3n) is 3.62. The Kier molecular flexibility index (Phi) is 5.36. The number of carbonyl (C=O) groups excluding carboxylic acids is 1. The summed E-state index contributed by atoms with van der Waals surface area (Å²) in [5, 5.41) is 9.43. The maximum atomic E-state index is 12.3. The number of hydrogen-bond donors (Lipinski definition) is 1. The van der Waals surface area contributed by atoms with Crippen molar-refractivity contribution >= 4 is 11.8 Å². The highest BCUT2D eigenvalue weighted by molar-refractivity contribution is 5.99. The summed E-state index contributed by atoms with van der Waals surface area (Å²) in [5.41, 5.74) is 1.03. The van der Waals surface area contributed by atoms with Crippen LogP contribution in [-0.4, -0.2) is 31.1 Å². The normalized spacial score (nSPS) is 11.6. The monoisotopic (exact) mass is 314 g/mol. The van der Waals surface area contributed by atoms with Crippen LogP contribution in [0.1, 0.15) is 28.3 Å². The van der Waals surface area contributed by atoms with E-state index >= 15 is 0 Å². The summed E-state index contributed by atoms with van der Waals surface area (Å²) in [6, 6.07) is 13.3. The summed E-state index contributed by atoms with van der Waals surface area (Å²) in [5.74, 6) is -0.866. The second-order valence-corrected chi connectivity index (χ2v) is 5.02. The van der Waals surface area contributed by atoms with Crippen molar-refractivity contribution in [2.75, 3.05) is 14.2 Å². The van der Waals surface area contributed by atoms with Crippen LogP contribution >= 0.6 is 0 Å². The molecule has 5 nitrogen and oxygen atoms in total. The van der Waals surface area contributed by atoms with Gasteiger partial charge in [0.2, 0.25) is 0 Å². The Balaban J connectivity index is 2.17. The van der Waals surface area contributed by atoms with Crippen molar-refractivity contribution in [1.29, 1.82) is 0 Å². The number of carbonyl (C=O) groups is 2. The Morgan fingerprint density at radius 3 is 1.83 bits per heavy atom. The molecule has 0 saturated heterocycles. The summed E-state index contributed by atoms with van der Waals surface area (Å²) in [6.45, 7) is 0. The summed E-state index contributed by atoms with van der Waals surface area (Å²) in [6.07, 6.45) is -0.103. The van der Waals surface area contributed by atoms with Crippen LogP contribution in [0.3, 0.4) is 0 Å². The standard InChI is InChI=1S/C18H18O5/c1-22-14-7-3-12(4-8-14)16(18(20)21)11-17(19)13-5-9-15(23-2)10-6-13/h3-10,16H,11H2,1-2H3,(H,20,21). The van der Waals surface area contributed by atoms with Crippen molar-refractivity contribution < 1.29 is 24.2 Å². The molecule has 0 spiro atoms. The highest BCUT2D eigenvalue weighted by atomic mass is 16.5.